The molecule has 4 nitrogen and oxygen atoms in total. The van der Waals surface area contributed by atoms with Gasteiger partial charge in [-0.15, -0.1) is 0 Å². The topological polar surface area (TPSA) is 44.8 Å². The Morgan fingerprint density at radius 3 is 1.91 bits per heavy atom. The van der Waals surface area contributed by atoms with Gasteiger partial charge in [0.1, 0.15) is 12.7 Å². The van der Waals surface area contributed by atoms with Crippen molar-refractivity contribution in [1.29, 1.82) is 0 Å². The van der Waals surface area contributed by atoms with E-state index in [0.29, 0.717) is 13.0 Å². The second kappa shape index (κ2) is 16.3. The fraction of sp³-hybridized carbons (Fsp3) is 0.947. The number of rotatable bonds is 16. The third kappa shape index (κ3) is 16.0. The van der Waals surface area contributed by atoms with E-state index < -0.39 is 0 Å². The molecule has 23 heavy (non-hydrogen) atoms. The molecule has 4 heteroatoms. The Morgan fingerprint density at radius 2 is 1.39 bits per heavy atom. The zero-order chi connectivity index (χ0) is 17.3. The van der Waals surface area contributed by atoms with Crippen molar-refractivity contribution in [2.75, 3.05) is 27.4 Å². The molecule has 0 fully saturated rings. The van der Waals surface area contributed by atoms with E-state index in [1.54, 1.807) is 14.2 Å². The van der Waals surface area contributed by atoms with E-state index in [0.717, 1.165) is 18.8 Å². The molecule has 0 aromatic rings. The van der Waals surface area contributed by atoms with E-state index in [1.165, 1.54) is 44.9 Å². The maximum absolute atomic E-state index is 11.6. The Balaban J connectivity index is 3.32. The molecule has 0 aliphatic heterocycles. The first-order valence-corrected chi connectivity index (χ1v) is 9.27. The van der Waals surface area contributed by atoms with Crippen molar-refractivity contribution in [1.82, 2.24) is 0 Å². The summed E-state index contributed by atoms with van der Waals surface area (Å²) in [6, 6.07) is 0. The third-order valence-electron chi connectivity index (χ3n) is 4.03. The second-order valence-corrected chi connectivity index (χ2v) is 6.76. The molecule has 0 aliphatic rings. The van der Waals surface area contributed by atoms with Crippen LogP contribution >= 0.6 is 0 Å². The zero-order valence-corrected chi connectivity index (χ0v) is 15.8. The molecule has 0 aromatic heterocycles. The second-order valence-electron chi connectivity index (χ2n) is 6.76. The van der Waals surface area contributed by atoms with Crippen LogP contribution in [0.25, 0.3) is 0 Å². The van der Waals surface area contributed by atoms with Crippen LogP contribution in [0.2, 0.25) is 0 Å². The fourth-order valence-corrected chi connectivity index (χ4v) is 2.51. The maximum Gasteiger partial charge on any atom is 0.305 e. The predicted molar refractivity (Wildman–Crippen MR) is 94.6 cm³/mol. The lowest BCUT2D eigenvalue weighted by atomic mass is 10.0. The molecule has 0 aromatic carbocycles. The van der Waals surface area contributed by atoms with Gasteiger partial charge in [-0.1, -0.05) is 65.2 Å². The van der Waals surface area contributed by atoms with Crippen molar-refractivity contribution in [3.05, 3.63) is 0 Å². The summed E-state index contributed by atoms with van der Waals surface area (Å²) in [6.07, 6.45) is 11.7. The molecule has 0 rings (SSSR count). The summed E-state index contributed by atoms with van der Waals surface area (Å²) >= 11 is 0. The van der Waals surface area contributed by atoms with Gasteiger partial charge >= 0.3 is 5.97 Å². The van der Waals surface area contributed by atoms with Crippen molar-refractivity contribution >= 4 is 5.97 Å². The normalized spacial score (nSPS) is 12.6. The molecule has 0 spiro atoms. The minimum atomic E-state index is -0.167. The number of esters is 1. The number of carbonyl (C=O) groups excluding carboxylic acids is 1. The van der Waals surface area contributed by atoms with Gasteiger partial charge in [0.05, 0.1) is 6.61 Å². The maximum atomic E-state index is 11.6. The molecule has 0 heterocycles. The Morgan fingerprint density at radius 1 is 0.826 bits per heavy atom. The number of hydrogen-bond donors (Lipinski definition) is 0. The van der Waals surface area contributed by atoms with Gasteiger partial charge < -0.3 is 14.2 Å². The quantitative estimate of drug-likeness (QED) is 0.303. The molecule has 0 saturated heterocycles. The third-order valence-corrected chi connectivity index (χ3v) is 4.03. The van der Waals surface area contributed by atoms with Crippen molar-refractivity contribution in [2.45, 2.75) is 84.2 Å². The van der Waals surface area contributed by atoms with Gasteiger partial charge in [0, 0.05) is 20.6 Å². The van der Waals surface area contributed by atoms with E-state index in [9.17, 15) is 4.79 Å². The van der Waals surface area contributed by atoms with E-state index >= 15 is 0 Å². The summed E-state index contributed by atoms with van der Waals surface area (Å²) in [4.78, 5) is 11.6. The summed E-state index contributed by atoms with van der Waals surface area (Å²) in [5.74, 6) is 0.709. The largest absolute Gasteiger partial charge is 0.463 e. The van der Waals surface area contributed by atoms with Crippen LogP contribution in [0.15, 0.2) is 0 Å². The first-order chi connectivity index (χ1) is 11.1. The summed E-state index contributed by atoms with van der Waals surface area (Å²) in [5.41, 5.74) is 0. The van der Waals surface area contributed by atoms with Crippen LogP contribution in [0.4, 0.5) is 0 Å². The lowest BCUT2D eigenvalue weighted by Crippen LogP contribution is -2.25. The highest BCUT2D eigenvalue weighted by atomic mass is 16.6. The average Bonchev–Trinajstić information content (AvgIpc) is 2.52. The molecule has 0 saturated carbocycles. The lowest BCUT2D eigenvalue weighted by molar-refractivity contribution is -0.148. The molecule has 0 N–H and O–H groups in total. The SMILES string of the molecule is COCC(COC(=O)CCCCCCCCCCC(C)C)OC. The number of methoxy groups -OCH3 is 2. The van der Waals surface area contributed by atoms with Crippen LogP contribution in [-0.4, -0.2) is 39.5 Å². The molecule has 1 atom stereocenters. The van der Waals surface area contributed by atoms with Crippen molar-refractivity contribution in [3.63, 3.8) is 0 Å². The highest BCUT2D eigenvalue weighted by Gasteiger charge is 2.10. The Labute approximate surface area is 143 Å². The van der Waals surface area contributed by atoms with Gasteiger partial charge in [0.25, 0.3) is 0 Å². The van der Waals surface area contributed by atoms with Gasteiger partial charge in [-0.25, -0.2) is 0 Å². The molecular weight excluding hydrogens is 292 g/mol. The van der Waals surface area contributed by atoms with E-state index in [4.69, 9.17) is 14.2 Å². The van der Waals surface area contributed by atoms with Gasteiger partial charge in [-0.05, 0) is 12.3 Å². The highest BCUT2D eigenvalue weighted by Crippen LogP contribution is 2.13. The predicted octanol–water partition coefficient (Wildman–Crippen LogP) is 4.75. The molecule has 138 valence electrons. The van der Waals surface area contributed by atoms with Gasteiger partial charge in [0.15, 0.2) is 0 Å². The first-order valence-electron chi connectivity index (χ1n) is 9.27. The van der Waals surface area contributed by atoms with Crippen molar-refractivity contribution in [2.24, 2.45) is 5.92 Å². The summed E-state index contributed by atoms with van der Waals surface area (Å²) in [7, 11) is 3.21. The molecule has 0 amide bonds. The van der Waals surface area contributed by atoms with Crippen molar-refractivity contribution < 1.29 is 19.0 Å². The van der Waals surface area contributed by atoms with Crippen LogP contribution in [0.1, 0.15) is 78.1 Å². The Hall–Kier alpha value is -0.610. The minimum Gasteiger partial charge on any atom is -0.463 e. The smallest absolute Gasteiger partial charge is 0.305 e. The molecule has 1 unspecified atom stereocenters. The van der Waals surface area contributed by atoms with Gasteiger partial charge in [-0.3, -0.25) is 4.79 Å². The summed E-state index contributed by atoms with van der Waals surface area (Å²) in [5, 5.41) is 0. The monoisotopic (exact) mass is 330 g/mol. The Kier molecular flexibility index (Phi) is 15.8. The van der Waals surface area contributed by atoms with Crippen LogP contribution in [0, 0.1) is 5.92 Å². The first kappa shape index (κ1) is 22.4. The van der Waals surface area contributed by atoms with Gasteiger partial charge in [-0.2, -0.15) is 0 Å². The van der Waals surface area contributed by atoms with E-state index in [1.807, 2.05) is 0 Å². The number of unbranched alkanes of at least 4 members (excludes halogenated alkanes) is 7. The average molecular weight is 331 g/mol. The fourth-order valence-electron chi connectivity index (χ4n) is 2.51. The van der Waals surface area contributed by atoms with Crippen LogP contribution in [-0.2, 0) is 19.0 Å². The van der Waals surface area contributed by atoms with Crippen LogP contribution < -0.4 is 0 Å². The van der Waals surface area contributed by atoms with E-state index in [2.05, 4.69) is 13.8 Å². The molecule has 0 radical (unpaired) electrons. The highest BCUT2D eigenvalue weighted by molar-refractivity contribution is 5.69. The lowest BCUT2D eigenvalue weighted by Gasteiger charge is -2.14. The zero-order valence-electron chi connectivity index (χ0n) is 15.8. The number of hydrogen-bond acceptors (Lipinski definition) is 4. The molecule has 0 bridgehead atoms. The van der Waals surface area contributed by atoms with Crippen molar-refractivity contribution in [3.8, 4) is 0 Å². The molecule has 0 aliphatic carbocycles. The minimum absolute atomic E-state index is 0.128. The summed E-state index contributed by atoms with van der Waals surface area (Å²) < 4.78 is 15.3. The van der Waals surface area contributed by atoms with E-state index in [-0.39, 0.29) is 18.7 Å². The van der Waals surface area contributed by atoms with Gasteiger partial charge in [0.2, 0.25) is 0 Å². The summed E-state index contributed by atoms with van der Waals surface area (Å²) in [6.45, 7) is 5.30. The van der Waals surface area contributed by atoms with Crippen LogP contribution in [0.5, 0.6) is 0 Å². The van der Waals surface area contributed by atoms with Crippen LogP contribution in [0.3, 0.4) is 0 Å². The number of carbonyl (C=O) groups is 1. The Bertz CT molecular complexity index is 266. The molecular formula is C19H38O4. The number of ether oxygens (including phenoxy) is 3. The standard InChI is InChI=1S/C19H38O4/c1-17(2)13-11-9-7-5-6-8-10-12-14-19(20)23-16-18(22-4)15-21-3/h17-18H,5-16H2,1-4H3.